The summed E-state index contributed by atoms with van der Waals surface area (Å²) in [5.74, 6) is -0.0996. The molecular weight excluding hydrogens is 346 g/mol. The van der Waals surface area contributed by atoms with Crippen LogP contribution in [0.25, 0.3) is 0 Å². The molecule has 0 bridgehead atoms. The molecule has 0 radical (unpaired) electrons. The maximum atomic E-state index is 12.9. The molecule has 1 aliphatic carbocycles. The predicted molar refractivity (Wildman–Crippen MR) is 92.3 cm³/mol. The van der Waals surface area contributed by atoms with Crippen LogP contribution in [-0.4, -0.2) is 93.0 Å². The molecule has 9 heteroatoms. The summed E-state index contributed by atoms with van der Waals surface area (Å²) in [6.07, 6.45) is 4.70. The van der Waals surface area contributed by atoms with Crippen molar-refractivity contribution in [3.05, 3.63) is 0 Å². The van der Waals surface area contributed by atoms with Crippen LogP contribution in [0.15, 0.2) is 0 Å². The van der Waals surface area contributed by atoms with Crippen molar-refractivity contribution < 1.29 is 22.7 Å². The summed E-state index contributed by atoms with van der Waals surface area (Å²) in [5, 5.41) is 0. The summed E-state index contributed by atoms with van der Waals surface area (Å²) >= 11 is 0. The van der Waals surface area contributed by atoms with Crippen molar-refractivity contribution in [2.75, 3.05) is 53.0 Å². The van der Waals surface area contributed by atoms with Gasteiger partial charge in [0.2, 0.25) is 0 Å². The van der Waals surface area contributed by atoms with E-state index in [1.165, 1.54) is 10.7 Å². The molecule has 1 saturated carbocycles. The van der Waals surface area contributed by atoms with Gasteiger partial charge < -0.3 is 14.4 Å². The lowest BCUT2D eigenvalue weighted by molar-refractivity contribution is -0.159. The van der Waals surface area contributed by atoms with Crippen molar-refractivity contribution >= 4 is 16.1 Å². The van der Waals surface area contributed by atoms with Crippen molar-refractivity contribution in [3.8, 4) is 0 Å². The molecule has 3 rings (SSSR count). The summed E-state index contributed by atoms with van der Waals surface area (Å²) in [7, 11) is -1.77. The molecule has 0 aromatic heterocycles. The second-order valence-electron chi connectivity index (χ2n) is 6.97. The van der Waals surface area contributed by atoms with Gasteiger partial charge in [0.05, 0.1) is 19.8 Å². The number of ether oxygens (including phenoxy) is 2. The van der Waals surface area contributed by atoms with E-state index in [-0.39, 0.29) is 18.6 Å². The van der Waals surface area contributed by atoms with Crippen LogP contribution in [0.5, 0.6) is 0 Å². The number of amides is 1. The smallest absolute Gasteiger partial charge is 0.282 e. The molecule has 1 atom stereocenters. The molecule has 0 aromatic carbocycles. The number of piperazine rings is 1. The fourth-order valence-electron chi connectivity index (χ4n) is 3.79. The van der Waals surface area contributed by atoms with Crippen molar-refractivity contribution in [3.63, 3.8) is 0 Å². The van der Waals surface area contributed by atoms with Crippen LogP contribution in [0.3, 0.4) is 0 Å². The average Bonchev–Trinajstić information content (AvgIpc) is 2.68. The SMILES string of the molecule is CN(C1CCCCC1)S(=O)(=O)N1CCN(C(=O)C2COCCO2)CC1. The third kappa shape index (κ3) is 4.33. The quantitative estimate of drug-likeness (QED) is 0.694. The van der Waals surface area contributed by atoms with Crippen molar-refractivity contribution in [2.45, 2.75) is 44.2 Å². The monoisotopic (exact) mass is 375 g/mol. The summed E-state index contributed by atoms with van der Waals surface area (Å²) in [6, 6.07) is 0.103. The number of hydrogen-bond acceptors (Lipinski definition) is 5. The Hall–Kier alpha value is -0.740. The maximum Gasteiger partial charge on any atom is 0.282 e. The minimum Gasteiger partial charge on any atom is -0.376 e. The zero-order valence-electron chi connectivity index (χ0n) is 14.9. The molecule has 0 spiro atoms. The molecule has 0 aromatic rings. The first-order chi connectivity index (χ1) is 12.0. The Morgan fingerprint density at radius 2 is 1.72 bits per heavy atom. The third-order valence-electron chi connectivity index (χ3n) is 5.42. The molecule has 0 N–H and O–H groups in total. The molecule has 1 amide bonds. The average molecular weight is 375 g/mol. The first-order valence-electron chi connectivity index (χ1n) is 9.21. The van der Waals surface area contributed by atoms with Gasteiger partial charge in [-0.15, -0.1) is 0 Å². The van der Waals surface area contributed by atoms with Crippen molar-refractivity contribution in [1.82, 2.24) is 13.5 Å². The minimum absolute atomic E-state index is 0.0996. The molecule has 3 aliphatic rings. The molecule has 2 saturated heterocycles. The molecule has 144 valence electrons. The number of hydrogen-bond donors (Lipinski definition) is 0. The Balaban J connectivity index is 1.54. The second-order valence-corrected chi connectivity index (χ2v) is 8.96. The summed E-state index contributed by atoms with van der Waals surface area (Å²) in [5.41, 5.74) is 0. The van der Waals surface area contributed by atoms with Gasteiger partial charge in [0.25, 0.3) is 16.1 Å². The van der Waals surface area contributed by atoms with Gasteiger partial charge in [-0.25, -0.2) is 0 Å². The van der Waals surface area contributed by atoms with Gasteiger partial charge in [-0.1, -0.05) is 19.3 Å². The van der Waals surface area contributed by atoms with Crippen LogP contribution < -0.4 is 0 Å². The Morgan fingerprint density at radius 1 is 1.04 bits per heavy atom. The third-order valence-corrected chi connectivity index (χ3v) is 7.46. The lowest BCUT2D eigenvalue weighted by atomic mass is 9.96. The topological polar surface area (TPSA) is 79.4 Å². The first-order valence-corrected chi connectivity index (χ1v) is 10.6. The van der Waals surface area contributed by atoms with Crippen LogP contribution in [0.4, 0.5) is 0 Å². The molecule has 2 aliphatic heterocycles. The molecule has 1 unspecified atom stereocenters. The molecule has 25 heavy (non-hydrogen) atoms. The number of carbonyl (C=O) groups excluding carboxylic acids is 1. The van der Waals surface area contributed by atoms with Crippen LogP contribution in [-0.2, 0) is 24.5 Å². The molecule has 8 nitrogen and oxygen atoms in total. The summed E-state index contributed by atoms with van der Waals surface area (Å²) in [4.78, 5) is 14.1. The van der Waals surface area contributed by atoms with Gasteiger partial charge in [0.15, 0.2) is 6.10 Å². The van der Waals surface area contributed by atoms with E-state index in [4.69, 9.17) is 9.47 Å². The van der Waals surface area contributed by atoms with Gasteiger partial charge in [0, 0.05) is 39.3 Å². The Morgan fingerprint density at radius 3 is 2.32 bits per heavy atom. The van der Waals surface area contributed by atoms with E-state index in [1.54, 1.807) is 16.3 Å². The van der Waals surface area contributed by atoms with Crippen LogP contribution in [0, 0.1) is 0 Å². The lowest BCUT2D eigenvalue weighted by Crippen LogP contribution is -2.57. The zero-order chi connectivity index (χ0) is 17.9. The van der Waals surface area contributed by atoms with E-state index >= 15 is 0 Å². The highest BCUT2D eigenvalue weighted by molar-refractivity contribution is 7.86. The Labute approximate surface area is 150 Å². The normalized spacial score (nSPS) is 27.6. The molecule has 3 fully saturated rings. The highest BCUT2D eigenvalue weighted by Gasteiger charge is 2.36. The largest absolute Gasteiger partial charge is 0.376 e. The fraction of sp³-hybridized carbons (Fsp3) is 0.938. The number of carbonyl (C=O) groups is 1. The van der Waals surface area contributed by atoms with E-state index in [0.29, 0.717) is 39.4 Å². The molecular formula is C16H29N3O5S. The van der Waals surface area contributed by atoms with Gasteiger partial charge >= 0.3 is 0 Å². The van der Waals surface area contributed by atoms with Gasteiger partial charge in [-0.05, 0) is 12.8 Å². The number of rotatable bonds is 4. The lowest BCUT2D eigenvalue weighted by Gasteiger charge is -2.39. The van der Waals surface area contributed by atoms with Crippen LogP contribution >= 0.6 is 0 Å². The van der Waals surface area contributed by atoms with Crippen molar-refractivity contribution in [2.24, 2.45) is 0 Å². The fourth-order valence-corrected chi connectivity index (χ4v) is 5.36. The van der Waals surface area contributed by atoms with E-state index in [2.05, 4.69) is 0 Å². The molecule has 2 heterocycles. The van der Waals surface area contributed by atoms with Gasteiger partial charge in [0.1, 0.15) is 0 Å². The Bertz CT molecular complexity index is 550. The second kappa shape index (κ2) is 8.30. The highest BCUT2D eigenvalue weighted by atomic mass is 32.2. The van der Waals surface area contributed by atoms with Crippen LogP contribution in [0.1, 0.15) is 32.1 Å². The van der Waals surface area contributed by atoms with Gasteiger partial charge in [-0.2, -0.15) is 17.0 Å². The van der Waals surface area contributed by atoms with E-state index in [9.17, 15) is 13.2 Å². The summed E-state index contributed by atoms with van der Waals surface area (Å²) in [6.45, 7) is 2.69. The minimum atomic E-state index is -3.46. The zero-order valence-corrected chi connectivity index (χ0v) is 15.7. The van der Waals surface area contributed by atoms with E-state index in [0.717, 1.165) is 25.7 Å². The highest BCUT2D eigenvalue weighted by Crippen LogP contribution is 2.25. The van der Waals surface area contributed by atoms with Crippen LogP contribution in [0.2, 0.25) is 0 Å². The van der Waals surface area contributed by atoms with E-state index < -0.39 is 16.3 Å². The first kappa shape index (κ1) is 19.0. The Kier molecular flexibility index (Phi) is 6.32. The maximum absolute atomic E-state index is 12.9. The van der Waals surface area contributed by atoms with E-state index in [1.807, 2.05) is 0 Å². The number of nitrogens with zero attached hydrogens (tertiary/aromatic N) is 3. The summed E-state index contributed by atoms with van der Waals surface area (Å²) < 4.78 is 39.5. The standard InChI is InChI=1S/C16H29N3O5S/c1-17(14-5-3-2-4-6-14)25(21,22)19-9-7-18(8-10-19)16(20)15-13-23-11-12-24-15/h14-15H,2-13H2,1H3. The van der Waals surface area contributed by atoms with Gasteiger partial charge in [-0.3, -0.25) is 4.79 Å². The predicted octanol–water partition coefficient (Wildman–Crippen LogP) is 0.0553. The van der Waals surface area contributed by atoms with Crippen molar-refractivity contribution in [1.29, 1.82) is 0 Å².